The normalized spacial score (nSPS) is 14.1. The van der Waals surface area contributed by atoms with Crippen molar-refractivity contribution in [2.75, 3.05) is 37.5 Å². The third-order valence-corrected chi connectivity index (χ3v) is 7.87. The van der Waals surface area contributed by atoms with Gasteiger partial charge in [-0.3, -0.25) is 4.79 Å². The highest BCUT2D eigenvalue weighted by Crippen LogP contribution is 2.29. The number of pyridine rings is 1. The van der Waals surface area contributed by atoms with Crippen LogP contribution in [0.1, 0.15) is 35.2 Å². The van der Waals surface area contributed by atoms with Gasteiger partial charge >= 0.3 is 0 Å². The first-order valence-electron chi connectivity index (χ1n) is 11.6. The molecule has 1 aliphatic rings. The van der Waals surface area contributed by atoms with E-state index in [9.17, 15) is 13.2 Å². The molecule has 1 saturated heterocycles. The van der Waals surface area contributed by atoms with Crippen molar-refractivity contribution in [3.8, 4) is 5.75 Å². The fourth-order valence-corrected chi connectivity index (χ4v) is 5.42. The minimum absolute atomic E-state index is 0.0651. The average Bonchev–Trinajstić information content (AvgIpc) is 2.89. The Morgan fingerprint density at radius 3 is 2.46 bits per heavy atom. The first-order valence-corrected chi connectivity index (χ1v) is 13.0. The Labute approximate surface area is 206 Å². The van der Waals surface area contributed by atoms with E-state index >= 15 is 0 Å². The topological polar surface area (TPSA) is 91.8 Å². The molecule has 1 N–H and O–H groups in total. The van der Waals surface area contributed by atoms with E-state index in [-0.39, 0.29) is 22.8 Å². The summed E-state index contributed by atoms with van der Waals surface area (Å²) in [5.41, 5.74) is 1.60. The minimum Gasteiger partial charge on any atom is -0.495 e. The van der Waals surface area contributed by atoms with E-state index in [1.807, 2.05) is 42.5 Å². The summed E-state index contributed by atoms with van der Waals surface area (Å²) in [6.45, 7) is 2.17. The van der Waals surface area contributed by atoms with Crippen molar-refractivity contribution < 1.29 is 17.9 Å². The fraction of sp³-hybridized carbons (Fsp3) is 0.308. The zero-order chi connectivity index (χ0) is 24.8. The lowest BCUT2D eigenvalue weighted by molar-refractivity contribution is 0.102. The van der Waals surface area contributed by atoms with Crippen LogP contribution in [-0.2, 0) is 16.6 Å². The molecule has 184 valence electrons. The number of rotatable bonds is 8. The molecular weight excluding hydrogens is 464 g/mol. The van der Waals surface area contributed by atoms with Crippen LogP contribution in [0.25, 0.3) is 0 Å². The van der Waals surface area contributed by atoms with Crippen LogP contribution in [-0.4, -0.2) is 50.9 Å². The van der Waals surface area contributed by atoms with Gasteiger partial charge in [0, 0.05) is 32.2 Å². The Kier molecular flexibility index (Phi) is 7.67. The summed E-state index contributed by atoms with van der Waals surface area (Å²) in [7, 11) is -1.01. The third-order valence-electron chi connectivity index (χ3n) is 6.05. The Morgan fingerprint density at radius 2 is 1.80 bits per heavy atom. The maximum atomic E-state index is 13.3. The van der Waals surface area contributed by atoms with Crippen molar-refractivity contribution in [2.24, 2.45) is 0 Å². The van der Waals surface area contributed by atoms with E-state index in [0.717, 1.165) is 37.3 Å². The zero-order valence-electron chi connectivity index (χ0n) is 20.0. The van der Waals surface area contributed by atoms with Gasteiger partial charge in [-0.05, 0) is 55.2 Å². The van der Waals surface area contributed by atoms with Crippen LogP contribution in [0.3, 0.4) is 0 Å². The number of nitrogens with one attached hydrogen (secondary N) is 1. The van der Waals surface area contributed by atoms with Gasteiger partial charge in [0.15, 0.2) is 0 Å². The van der Waals surface area contributed by atoms with Crippen LogP contribution < -0.4 is 15.0 Å². The quantitative estimate of drug-likeness (QED) is 0.506. The SMILES string of the molecule is COc1ccc(C(=O)Nc2ccc(N3CCCCC3)nc2)cc1S(=O)(=O)N(C)Cc1ccccc1. The van der Waals surface area contributed by atoms with Crippen molar-refractivity contribution in [1.29, 1.82) is 0 Å². The van der Waals surface area contributed by atoms with Gasteiger partial charge in [-0.1, -0.05) is 30.3 Å². The summed E-state index contributed by atoms with van der Waals surface area (Å²) in [6.07, 6.45) is 5.18. The molecule has 0 radical (unpaired) electrons. The standard InChI is InChI=1S/C26H30N4O4S/c1-29(19-20-9-5-3-6-10-20)35(32,33)24-17-21(11-13-23(24)34-2)26(31)28-22-12-14-25(27-18-22)30-15-7-4-8-16-30/h3,5-6,9-14,17-18H,4,7-8,15-16,19H2,1-2H3,(H,28,31). The number of methoxy groups -OCH3 is 1. The minimum atomic E-state index is -3.92. The number of ether oxygens (including phenoxy) is 1. The number of amides is 1. The Hall–Kier alpha value is -3.43. The molecule has 1 aromatic heterocycles. The van der Waals surface area contributed by atoms with Crippen LogP contribution in [0, 0.1) is 0 Å². The molecule has 0 atom stereocenters. The molecule has 2 heterocycles. The van der Waals surface area contributed by atoms with E-state index in [4.69, 9.17) is 4.74 Å². The third kappa shape index (κ3) is 5.80. The van der Waals surface area contributed by atoms with Gasteiger partial charge < -0.3 is 15.0 Å². The van der Waals surface area contributed by atoms with E-state index in [0.29, 0.717) is 5.69 Å². The number of piperidine rings is 1. The highest BCUT2D eigenvalue weighted by atomic mass is 32.2. The van der Waals surface area contributed by atoms with E-state index in [1.165, 1.54) is 37.0 Å². The van der Waals surface area contributed by atoms with Crippen LogP contribution in [0.5, 0.6) is 5.75 Å². The Bertz CT molecular complexity index is 1260. The lowest BCUT2D eigenvalue weighted by Crippen LogP contribution is -2.30. The largest absolute Gasteiger partial charge is 0.495 e. The van der Waals surface area contributed by atoms with Gasteiger partial charge in [-0.2, -0.15) is 4.31 Å². The molecule has 2 aromatic carbocycles. The van der Waals surface area contributed by atoms with Gasteiger partial charge in [0.2, 0.25) is 10.0 Å². The zero-order valence-corrected chi connectivity index (χ0v) is 20.8. The molecule has 3 aromatic rings. The predicted octanol–water partition coefficient (Wildman–Crippen LogP) is 4.15. The monoisotopic (exact) mass is 494 g/mol. The molecule has 0 spiro atoms. The van der Waals surface area contributed by atoms with E-state index in [1.54, 1.807) is 12.3 Å². The predicted molar refractivity (Wildman–Crippen MR) is 136 cm³/mol. The molecule has 0 saturated carbocycles. The van der Waals surface area contributed by atoms with Crippen molar-refractivity contribution in [3.05, 3.63) is 78.0 Å². The molecule has 9 heteroatoms. The number of aromatic nitrogens is 1. The summed E-state index contributed by atoms with van der Waals surface area (Å²) in [5.74, 6) is 0.637. The maximum absolute atomic E-state index is 13.3. The summed E-state index contributed by atoms with van der Waals surface area (Å²) >= 11 is 0. The summed E-state index contributed by atoms with van der Waals surface area (Å²) in [5, 5.41) is 2.80. The number of carbonyl (C=O) groups is 1. The van der Waals surface area contributed by atoms with E-state index in [2.05, 4.69) is 15.2 Å². The van der Waals surface area contributed by atoms with Crippen molar-refractivity contribution >= 4 is 27.4 Å². The Morgan fingerprint density at radius 1 is 1.06 bits per heavy atom. The number of hydrogen-bond donors (Lipinski definition) is 1. The highest BCUT2D eigenvalue weighted by molar-refractivity contribution is 7.89. The molecule has 0 bridgehead atoms. The number of anilines is 2. The first kappa shape index (κ1) is 24.7. The first-order chi connectivity index (χ1) is 16.9. The second kappa shape index (κ2) is 10.9. The van der Waals surface area contributed by atoms with Gasteiger partial charge in [0.05, 0.1) is 19.0 Å². The number of benzene rings is 2. The molecule has 1 fully saturated rings. The number of sulfonamides is 1. The maximum Gasteiger partial charge on any atom is 0.255 e. The molecule has 4 rings (SSSR count). The fourth-order valence-electron chi connectivity index (χ4n) is 4.09. The van der Waals surface area contributed by atoms with Gasteiger partial charge in [0.1, 0.15) is 16.5 Å². The Balaban J connectivity index is 1.52. The van der Waals surface area contributed by atoms with Crippen LogP contribution in [0.4, 0.5) is 11.5 Å². The molecule has 0 unspecified atom stereocenters. The number of carbonyl (C=O) groups excluding carboxylic acids is 1. The molecular formula is C26H30N4O4S. The highest BCUT2D eigenvalue weighted by Gasteiger charge is 2.26. The smallest absolute Gasteiger partial charge is 0.255 e. The van der Waals surface area contributed by atoms with Crippen molar-refractivity contribution in [1.82, 2.24) is 9.29 Å². The van der Waals surface area contributed by atoms with Crippen molar-refractivity contribution in [3.63, 3.8) is 0 Å². The lowest BCUT2D eigenvalue weighted by Gasteiger charge is -2.27. The van der Waals surface area contributed by atoms with Crippen LogP contribution in [0.15, 0.2) is 71.8 Å². The summed E-state index contributed by atoms with van der Waals surface area (Å²) in [6, 6.07) is 17.4. The molecule has 0 aliphatic carbocycles. The van der Waals surface area contributed by atoms with Crippen LogP contribution in [0.2, 0.25) is 0 Å². The molecule has 1 aliphatic heterocycles. The van der Waals surface area contributed by atoms with Crippen molar-refractivity contribution in [2.45, 2.75) is 30.7 Å². The van der Waals surface area contributed by atoms with Gasteiger partial charge in [0.25, 0.3) is 5.91 Å². The average molecular weight is 495 g/mol. The van der Waals surface area contributed by atoms with Gasteiger partial charge in [-0.15, -0.1) is 0 Å². The second-order valence-corrected chi connectivity index (χ2v) is 10.5. The summed E-state index contributed by atoms with van der Waals surface area (Å²) in [4.78, 5) is 19.6. The number of nitrogens with zero attached hydrogens (tertiary/aromatic N) is 3. The van der Waals surface area contributed by atoms with Crippen LogP contribution >= 0.6 is 0 Å². The molecule has 8 nitrogen and oxygen atoms in total. The van der Waals surface area contributed by atoms with E-state index < -0.39 is 15.9 Å². The molecule has 1 amide bonds. The summed E-state index contributed by atoms with van der Waals surface area (Å²) < 4.78 is 33.2. The number of hydrogen-bond acceptors (Lipinski definition) is 6. The molecule has 35 heavy (non-hydrogen) atoms. The lowest BCUT2D eigenvalue weighted by atomic mass is 10.1. The second-order valence-electron chi connectivity index (χ2n) is 8.52. The van der Waals surface area contributed by atoms with Gasteiger partial charge in [-0.25, -0.2) is 13.4 Å².